The molecule has 0 saturated carbocycles. The van der Waals surface area contributed by atoms with Crippen molar-refractivity contribution in [2.45, 2.75) is 12.5 Å². The van der Waals surface area contributed by atoms with E-state index in [1.165, 1.54) is 0 Å². The Kier molecular flexibility index (Phi) is 3.72. The molecule has 0 saturated heterocycles. The van der Waals surface area contributed by atoms with Crippen LogP contribution in [0.2, 0.25) is 0 Å². The first-order valence-corrected chi connectivity index (χ1v) is 4.73. The number of nitrogens with two attached hydrogens (primary N) is 1. The number of ether oxygens (including phenoxy) is 2. The molecule has 0 amide bonds. The first-order chi connectivity index (χ1) is 7.61. The molecule has 1 rings (SSSR count). The van der Waals surface area contributed by atoms with Gasteiger partial charge in [0.1, 0.15) is 5.54 Å². The Labute approximate surface area is 94.7 Å². The molecule has 3 N–H and O–H groups in total. The molecule has 86 valence electrons. The second-order valence-corrected chi connectivity index (χ2v) is 3.45. The molecule has 16 heavy (non-hydrogen) atoms. The fourth-order valence-electron chi connectivity index (χ4n) is 1.33. The fraction of sp³-hybridized carbons (Fsp3) is 0.364. The highest BCUT2D eigenvalue weighted by atomic mass is 16.5. The summed E-state index contributed by atoms with van der Waals surface area (Å²) in [6, 6.07) is 7.33. The molecule has 0 aliphatic carbocycles. The van der Waals surface area contributed by atoms with Gasteiger partial charge in [-0.1, -0.05) is 6.07 Å². The molecule has 5 heteroatoms. The highest BCUT2D eigenvalue weighted by Crippen LogP contribution is 2.31. The lowest BCUT2D eigenvalue weighted by Crippen LogP contribution is -2.42. The quantitative estimate of drug-likeness (QED) is 0.583. The van der Waals surface area contributed by atoms with E-state index < -0.39 is 5.54 Å². The Hall–Kier alpha value is -1.77. The lowest BCUT2D eigenvalue weighted by molar-refractivity contribution is 0.353. The summed E-state index contributed by atoms with van der Waals surface area (Å²) in [6.45, 7) is 1.69. The number of hydrazine groups is 1. The minimum atomic E-state index is -0.945. The predicted octanol–water partition coefficient (Wildman–Crippen LogP) is 0.906. The van der Waals surface area contributed by atoms with E-state index in [2.05, 4.69) is 11.5 Å². The normalized spacial score (nSPS) is 13.7. The summed E-state index contributed by atoms with van der Waals surface area (Å²) in [5.41, 5.74) is 2.25. The Morgan fingerprint density at radius 2 is 1.94 bits per heavy atom. The maximum atomic E-state index is 9.06. The van der Waals surface area contributed by atoms with Crippen LogP contribution in [0.15, 0.2) is 18.2 Å². The highest BCUT2D eigenvalue weighted by molar-refractivity contribution is 5.46. The zero-order chi connectivity index (χ0) is 12.2. The largest absolute Gasteiger partial charge is 0.493 e. The van der Waals surface area contributed by atoms with Gasteiger partial charge in [-0.2, -0.15) is 5.26 Å². The van der Waals surface area contributed by atoms with Gasteiger partial charge in [0.2, 0.25) is 0 Å². The summed E-state index contributed by atoms with van der Waals surface area (Å²) in [4.78, 5) is 0. The molecule has 0 aliphatic rings. The topological polar surface area (TPSA) is 80.3 Å². The van der Waals surface area contributed by atoms with E-state index in [4.69, 9.17) is 20.6 Å². The first-order valence-electron chi connectivity index (χ1n) is 4.73. The summed E-state index contributed by atoms with van der Waals surface area (Å²) in [5.74, 6) is 6.55. The Bertz CT molecular complexity index is 414. The van der Waals surface area contributed by atoms with Crippen LogP contribution in [0, 0.1) is 11.3 Å². The van der Waals surface area contributed by atoms with Gasteiger partial charge < -0.3 is 9.47 Å². The van der Waals surface area contributed by atoms with Crippen molar-refractivity contribution in [3.8, 4) is 17.6 Å². The van der Waals surface area contributed by atoms with Gasteiger partial charge in [-0.15, -0.1) is 0 Å². The number of nitrogens with one attached hydrogen (secondary N) is 1. The van der Waals surface area contributed by atoms with Gasteiger partial charge in [-0.05, 0) is 24.6 Å². The van der Waals surface area contributed by atoms with Crippen LogP contribution in [-0.4, -0.2) is 14.2 Å². The van der Waals surface area contributed by atoms with Crippen molar-refractivity contribution >= 4 is 0 Å². The van der Waals surface area contributed by atoms with Crippen LogP contribution in [0.5, 0.6) is 11.5 Å². The summed E-state index contributed by atoms with van der Waals surface area (Å²) in [5, 5.41) is 9.06. The van der Waals surface area contributed by atoms with Crippen molar-refractivity contribution in [3.05, 3.63) is 23.8 Å². The Balaban J connectivity index is 3.23. The summed E-state index contributed by atoms with van der Waals surface area (Å²) < 4.78 is 10.3. The molecule has 1 unspecified atom stereocenters. The van der Waals surface area contributed by atoms with Crippen LogP contribution in [-0.2, 0) is 5.54 Å². The number of nitriles is 1. The molecule has 5 nitrogen and oxygen atoms in total. The van der Waals surface area contributed by atoms with Gasteiger partial charge in [0.15, 0.2) is 11.5 Å². The zero-order valence-corrected chi connectivity index (χ0v) is 9.57. The molecule has 0 heterocycles. The molecule has 1 aromatic rings. The average molecular weight is 221 g/mol. The number of benzene rings is 1. The molecule has 0 fully saturated rings. The van der Waals surface area contributed by atoms with Crippen molar-refractivity contribution in [1.29, 1.82) is 5.26 Å². The molecule has 1 aromatic carbocycles. The molecule has 0 bridgehead atoms. The van der Waals surface area contributed by atoms with Crippen molar-refractivity contribution in [2.24, 2.45) is 5.84 Å². The first kappa shape index (κ1) is 12.3. The minimum absolute atomic E-state index is 0.566. The SMILES string of the molecule is COc1ccc(C(C)(C#N)NN)cc1OC. The van der Waals surface area contributed by atoms with Gasteiger partial charge in [0.05, 0.1) is 20.3 Å². The molecule has 0 spiro atoms. The van der Waals surface area contributed by atoms with Gasteiger partial charge in [0, 0.05) is 0 Å². The van der Waals surface area contributed by atoms with E-state index >= 15 is 0 Å². The van der Waals surface area contributed by atoms with E-state index in [1.807, 2.05) is 0 Å². The van der Waals surface area contributed by atoms with Gasteiger partial charge in [0.25, 0.3) is 0 Å². The zero-order valence-electron chi connectivity index (χ0n) is 9.57. The van der Waals surface area contributed by atoms with Gasteiger partial charge in [-0.25, -0.2) is 5.43 Å². The van der Waals surface area contributed by atoms with Crippen LogP contribution in [0.4, 0.5) is 0 Å². The molecule has 0 radical (unpaired) electrons. The number of methoxy groups -OCH3 is 2. The van der Waals surface area contributed by atoms with Crippen LogP contribution in [0.25, 0.3) is 0 Å². The summed E-state index contributed by atoms with van der Waals surface area (Å²) in [7, 11) is 3.10. The van der Waals surface area contributed by atoms with E-state index in [-0.39, 0.29) is 0 Å². The van der Waals surface area contributed by atoms with E-state index in [9.17, 15) is 0 Å². The second kappa shape index (κ2) is 4.84. The maximum absolute atomic E-state index is 9.06. The third kappa shape index (κ3) is 2.08. The van der Waals surface area contributed by atoms with Crippen molar-refractivity contribution in [3.63, 3.8) is 0 Å². The molecule has 1 atom stereocenters. The third-order valence-electron chi connectivity index (χ3n) is 2.47. The van der Waals surface area contributed by atoms with E-state index in [0.717, 1.165) is 5.56 Å². The standard InChI is InChI=1S/C11H15N3O2/c1-11(7-12,14-13)8-4-5-9(15-2)10(6-8)16-3/h4-6,14H,13H2,1-3H3. The number of hydrogen-bond acceptors (Lipinski definition) is 5. The minimum Gasteiger partial charge on any atom is -0.493 e. The second-order valence-electron chi connectivity index (χ2n) is 3.45. The Morgan fingerprint density at radius 1 is 1.31 bits per heavy atom. The van der Waals surface area contributed by atoms with Crippen LogP contribution < -0.4 is 20.7 Å². The average Bonchev–Trinajstić information content (AvgIpc) is 2.36. The number of nitrogens with zero attached hydrogens (tertiary/aromatic N) is 1. The van der Waals surface area contributed by atoms with Gasteiger partial charge in [-0.3, -0.25) is 5.84 Å². The molecule has 0 aliphatic heterocycles. The summed E-state index contributed by atoms with van der Waals surface area (Å²) in [6.07, 6.45) is 0. The summed E-state index contributed by atoms with van der Waals surface area (Å²) >= 11 is 0. The molecular formula is C11H15N3O2. The van der Waals surface area contributed by atoms with Crippen LogP contribution in [0.3, 0.4) is 0 Å². The van der Waals surface area contributed by atoms with Crippen LogP contribution >= 0.6 is 0 Å². The number of rotatable bonds is 4. The van der Waals surface area contributed by atoms with Crippen molar-refractivity contribution < 1.29 is 9.47 Å². The maximum Gasteiger partial charge on any atom is 0.161 e. The van der Waals surface area contributed by atoms with Crippen LogP contribution in [0.1, 0.15) is 12.5 Å². The van der Waals surface area contributed by atoms with E-state index in [1.54, 1.807) is 39.3 Å². The predicted molar refractivity (Wildman–Crippen MR) is 59.8 cm³/mol. The van der Waals surface area contributed by atoms with Crippen molar-refractivity contribution in [2.75, 3.05) is 14.2 Å². The molecule has 0 aromatic heterocycles. The van der Waals surface area contributed by atoms with E-state index in [0.29, 0.717) is 11.5 Å². The van der Waals surface area contributed by atoms with Gasteiger partial charge >= 0.3 is 0 Å². The third-order valence-corrected chi connectivity index (χ3v) is 2.47. The van der Waals surface area contributed by atoms with Crippen molar-refractivity contribution in [1.82, 2.24) is 5.43 Å². The Morgan fingerprint density at radius 3 is 2.38 bits per heavy atom. The molecular weight excluding hydrogens is 206 g/mol. The number of hydrogen-bond donors (Lipinski definition) is 2. The highest BCUT2D eigenvalue weighted by Gasteiger charge is 2.25. The lowest BCUT2D eigenvalue weighted by Gasteiger charge is -2.21. The monoisotopic (exact) mass is 221 g/mol. The fourth-order valence-corrected chi connectivity index (χ4v) is 1.33. The lowest BCUT2D eigenvalue weighted by atomic mass is 9.94. The smallest absolute Gasteiger partial charge is 0.161 e.